The van der Waals surface area contributed by atoms with Gasteiger partial charge in [-0.2, -0.15) is 4.98 Å². The number of ether oxygens (including phenoxy) is 1. The van der Waals surface area contributed by atoms with E-state index in [9.17, 15) is 4.79 Å². The van der Waals surface area contributed by atoms with Gasteiger partial charge in [0, 0.05) is 10.6 Å². The minimum Gasteiger partial charge on any atom is -0.465 e. The highest BCUT2D eigenvalue weighted by Gasteiger charge is 2.13. The number of halogens is 1. The first-order valence-electron chi connectivity index (χ1n) is 6.51. The van der Waals surface area contributed by atoms with E-state index in [0.717, 1.165) is 5.56 Å². The topological polar surface area (TPSA) is 68.5 Å². The predicted molar refractivity (Wildman–Crippen MR) is 77.7 cm³/mol. The molecular weight excluding hydrogens is 294 g/mol. The van der Waals surface area contributed by atoms with Gasteiger partial charge in [-0.05, 0) is 26.1 Å². The van der Waals surface area contributed by atoms with E-state index >= 15 is 0 Å². The lowest BCUT2D eigenvalue weighted by atomic mass is 10.2. The fourth-order valence-electron chi connectivity index (χ4n) is 1.78. The SMILES string of the molecule is CCOC(=O)CN(C)Cc1nc(-c2cccc(Cl)c2)no1. The van der Waals surface area contributed by atoms with Gasteiger partial charge < -0.3 is 9.26 Å². The maximum atomic E-state index is 11.4. The van der Waals surface area contributed by atoms with Gasteiger partial charge in [0.25, 0.3) is 0 Å². The summed E-state index contributed by atoms with van der Waals surface area (Å²) in [5.74, 6) is 0.614. The van der Waals surface area contributed by atoms with Gasteiger partial charge in [-0.3, -0.25) is 9.69 Å². The smallest absolute Gasteiger partial charge is 0.320 e. The Bertz CT molecular complexity index is 615. The van der Waals surface area contributed by atoms with Gasteiger partial charge in [-0.1, -0.05) is 28.9 Å². The van der Waals surface area contributed by atoms with Crippen LogP contribution in [0.15, 0.2) is 28.8 Å². The van der Waals surface area contributed by atoms with Crippen LogP contribution in [0.25, 0.3) is 11.4 Å². The molecule has 0 saturated carbocycles. The molecule has 0 radical (unpaired) electrons. The maximum absolute atomic E-state index is 11.4. The average molecular weight is 310 g/mol. The Labute approximate surface area is 127 Å². The van der Waals surface area contributed by atoms with Crippen LogP contribution in [0.1, 0.15) is 12.8 Å². The van der Waals surface area contributed by atoms with Crippen molar-refractivity contribution >= 4 is 17.6 Å². The highest BCUT2D eigenvalue weighted by molar-refractivity contribution is 6.30. The molecule has 112 valence electrons. The minimum atomic E-state index is -0.283. The van der Waals surface area contributed by atoms with Gasteiger partial charge in [0.15, 0.2) is 0 Å². The van der Waals surface area contributed by atoms with Gasteiger partial charge in [0.1, 0.15) is 0 Å². The summed E-state index contributed by atoms with van der Waals surface area (Å²) in [5.41, 5.74) is 0.783. The number of aromatic nitrogens is 2. The van der Waals surface area contributed by atoms with Crippen molar-refractivity contribution in [3.05, 3.63) is 35.2 Å². The molecule has 0 saturated heterocycles. The summed E-state index contributed by atoms with van der Waals surface area (Å²) >= 11 is 5.93. The van der Waals surface area contributed by atoms with Crippen LogP contribution in [-0.2, 0) is 16.1 Å². The number of carbonyl (C=O) groups excluding carboxylic acids is 1. The molecule has 0 bridgehead atoms. The first kappa shape index (κ1) is 15.5. The van der Waals surface area contributed by atoms with E-state index in [-0.39, 0.29) is 12.5 Å². The van der Waals surface area contributed by atoms with Crippen LogP contribution in [0, 0.1) is 0 Å². The average Bonchev–Trinajstić information content (AvgIpc) is 2.87. The highest BCUT2D eigenvalue weighted by atomic mass is 35.5. The Morgan fingerprint density at radius 2 is 2.29 bits per heavy atom. The fraction of sp³-hybridized carbons (Fsp3) is 0.357. The van der Waals surface area contributed by atoms with E-state index in [2.05, 4.69) is 10.1 Å². The Hall–Kier alpha value is -1.92. The summed E-state index contributed by atoms with van der Waals surface area (Å²) in [6, 6.07) is 7.21. The molecule has 0 unspecified atom stereocenters. The number of hydrogen-bond acceptors (Lipinski definition) is 6. The van der Waals surface area contributed by atoms with Crippen molar-refractivity contribution in [3.8, 4) is 11.4 Å². The van der Waals surface area contributed by atoms with E-state index < -0.39 is 0 Å². The number of hydrogen-bond donors (Lipinski definition) is 0. The van der Waals surface area contributed by atoms with E-state index in [4.69, 9.17) is 20.9 Å². The second kappa shape index (κ2) is 7.19. The summed E-state index contributed by atoms with van der Waals surface area (Å²) < 4.78 is 10.0. The van der Waals surface area contributed by atoms with Gasteiger partial charge in [0.05, 0.1) is 19.7 Å². The monoisotopic (exact) mass is 309 g/mol. The summed E-state index contributed by atoms with van der Waals surface area (Å²) in [4.78, 5) is 17.4. The third-order valence-corrected chi connectivity index (χ3v) is 2.90. The van der Waals surface area contributed by atoms with Gasteiger partial charge in [-0.15, -0.1) is 0 Å². The first-order chi connectivity index (χ1) is 10.1. The molecule has 6 nitrogen and oxygen atoms in total. The molecule has 0 fully saturated rings. The standard InChI is InChI=1S/C14H16ClN3O3/c1-3-20-13(19)9-18(2)8-12-16-14(17-21-12)10-5-4-6-11(15)7-10/h4-7H,3,8-9H2,1-2H3. The molecule has 0 amide bonds. The summed E-state index contributed by atoms with van der Waals surface area (Å²) in [6.45, 7) is 2.68. The minimum absolute atomic E-state index is 0.169. The van der Waals surface area contributed by atoms with Crippen molar-refractivity contribution in [2.24, 2.45) is 0 Å². The van der Waals surface area contributed by atoms with E-state index in [1.54, 1.807) is 31.0 Å². The largest absolute Gasteiger partial charge is 0.465 e. The quantitative estimate of drug-likeness (QED) is 0.763. The van der Waals surface area contributed by atoms with Gasteiger partial charge in [0.2, 0.25) is 11.7 Å². The van der Waals surface area contributed by atoms with Crippen molar-refractivity contribution in [1.29, 1.82) is 0 Å². The van der Waals surface area contributed by atoms with Crippen LogP contribution >= 0.6 is 11.6 Å². The molecule has 0 N–H and O–H groups in total. The third kappa shape index (κ3) is 4.54. The van der Waals surface area contributed by atoms with Gasteiger partial charge in [-0.25, -0.2) is 0 Å². The van der Waals surface area contributed by atoms with Gasteiger partial charge >= 0.3 is 5.97 Å². The van der Waals surface area contributed by atoms with Crippen LogP contribution in [0.2, 0.25) is 5.02 Å². The Kier molecular flexibility index (Phi) is 5.30. The molecular formula is C14H16ClN3O3. The van der Waals surface area contributed by atoms with Crippen molar-refractivity contribution in [2.75, 3.05) is 20.2 Å². The number of nitrogens with zero attached hydrogens (tertiary/aromatic N) is 3. The number of carbonyl (C=O) groups is 1. The molecule has 2 rings (SSSR count). The summed E-state index contributed by atoms with van der Waals surface area (Å²) in [7, 11) is 1.78. The summed E-state index contributed by atoms with van der Waals surface area (Å²) in [6.07, 6.45) is 0. The molecule has 0 aliphatic heterocycles. The van der Waals surface area contributed by atoms with E-state index in [0.29, 0.717) is 29.9 Å². The number of likely N-dealkylation sites (N-methyl/N-ethyl adjacent to an activating group) is 1. The van der Waals surface area contributed by atoms with Crippen LogP contribution in [0.3, 0.4) is 0 Å². The van der Waals surface area contributed by atoms with E-state index in [1.807, 2.05) is 12.1 Å². The zero-order chi connectivity index (χ0) is 15.2. The van der Waals surface area contributed by atoms with Crippen LogP contribution in [-0.4, -0.2) is 41.2 Å². The second-order valence-electron chi connectivity index (χ2n) is 4.50. The Balaban J connectivity index is 1.98. The lowest BCUT2D eigenvalue weighted by molar-refractivity contribution is -0.144. The molecule has 7 heteroatoms. The molecule has 21 heavy (non-hydrogen) atoms. The van der Waals surface area contributed by atoms with Crippen LogP contribution < -0.4 is 0 Å². The van der Waals surface area contributed by atoms with Crippen LogP contribution in [0.5, 0.6) is 0 Å². The second-order valence-corrected chi connectivity index (χ2v) is 4.94. The number of benzene rings is 1. The van der Waals surface area contributed by atoms with Crippen molar-refractivity contribution in [3.63, 3.8) is 0 Å². The van der Waals surface area contributed by atoms with Crippen molar-refractivity contribution in [1.82, 2.24) is 15.0 Å². The lowest BCUT2D eigenvalue weighted by Crippen LogP contribution is -2.27. The molecule has 1 aromatic carbocycles. The molecule has 2 aromatic rings. The third-order valence-electron chi connectivity index (χ3n) is 2.66. The molecule has 0 spiro atoms. The molecule has 1 heterocycles. The van der Waals surface area contributed by atoms with E-state index in [1.165, 1.54) is 0 Å². The van der Waals surface area contributed by atoms with Crippen molar-refractivity contribution in [2.45, 2.75) is 13.5 Å². The predicted octanol–water partition coefficient (Wildman–Crippen LogP) is 2.38. The van der Waals surface area contributed by atoms with Crippen LogP contribution in [0.4, 0.5) is 0 Å². The Morgan fingerprint density at radius 1 is 1.48 bits per heavy atom. The number of esters is 1. The molecule has 0 atom stereocenters. The number of rotatable bonds is 6. The Morgan fingerprint density at radius 3 is 3.00 bits per heavy atom. The molecule has 0 aliphatic carbocycles. The lowest BCUT2D eigenvalue weighted by Gasteiger charge is -2.12. The zero-order valence-corrected chi connectivity index (χ0v) is 12.6. The molecule has 0 aliphatic rings. The summed E-state index contributed by atoms with van der Waals surface area (Å²) in [5, 5.41) is 4.52. The fourth-order valence-corrected chi connectivity index (χ4v) is 1.97. The maximum Gasteiger partial charge on any atom is 0.320 e. The first-order valence-corrected chi connectivity index (χ1v) is 6.89. The highest BCUT2D eigenvalue weighted by Crippen LogP contribution is 2.20. The van der Waals surface area contributed by atoms with Crippen molar-refractivity contribution < 1.29 is 14.1 Å². The molecule has 1 aromatic heterocycles. The zero-order valence-electron chi connectivity index (χ0n) is 11.9. The normalized spacial score (nSPS) is 10.9.